The van der Waals surface area contributed by atoms with Crippen LogP contribution in [-0.2, 0) is 4.79 Å². The van der Waals surface area contributed by atoms with Gasteiger partial charge in [0.15, 0.2) is 11.6 Å². The fourth-order valence-electron chi connectivity index (χ4n) is 1.48. The summed E-state index contributed by atoms with van der Waals surface area (Å²) in [7, 11) is 3.08. The second-order valence-electron chi connectivity index (χ2n) is 4.28. The van der Waals surface area contributed by atoms with Gasteiger partial charge in [-0.25, -0.2) is 8.78 Å². The van der Waals surface area contributed by atoms with Crippen LogP contribution in [0.4, 0.5) is 14.5 Å². The summed E-state index contributed by atoms with van der Waals surface area (Å²) in [5.74, 6) is -3.37. The van der Waals surface area contributed by atoms with Gasteiger partial charge in [-0.2, -0.15) is 0 Å². The quantitative estimate of drug-likeness (QED) is 0.797. The Kier molecular flexibility index (Phi) is 4.42. The molecule has 0 aliphatic heterocycles. The minimum absolute atomic E-state index is 0.194. The van der Waals surface area contributed by atoms with E-state index in [0.29, 0.717) is 6.07 Å². The van der Waals surface area contributed by atoms with E-state index in [9.17, 15) is 18.4 Å². The maximum atomic E-state index is 13.1. The fourth-order valence-corrected chi connectivity index (χ4v) is 1.48. The predicted molar refractivity (Wildman–Crippen MR) is 66.4 cm³/mol. The molecule has 0 fully saturated rings. The average molecular weight is 271 g/mol. The Morgan fingerprint density at radius 3 is 2.32 bits per heavy atom. The van der Waals surface area contributed by atoms with Crippen LogP contribution in [-0.4, -0.2) is 36.9 Å². The van der Waals surface area contributed by atoms with E-state index in [4.69, 9.17) is 5.73 Å². The van der Waals surface area contributed by atoms with Crippen LogP contribution < -0.4 is 11.1 Å². The number of rotatable bonds is 3. The number of carbonyl (C=O) groups excluding carboxylic acids is 2. The van der Waals surface area contributed by atoms with Gasteiger partial charge in [-0.15, -0.1) is 0 Å². The molecule has 0 saturated heterocycles. The number of nitrogens with zero attached hydrogens (tertiary/aromatic N) is 1. The van der Waals surface area contributed by atoms with Crippen molar-refractivity contribution in [2.45, 2.75) is 13.0 Å². The molecule has 104 valence electrons. The van der Waals surface area contributed by atoms with Crippen molar-refractivity contribution in [3.8, 4) is 0 Å². The van der Waals surface area contributed by atoms with Crippen LogP contribution >= 0.6 is 0 Å². The maximum Gasteiger partial charge on any atom is 0.254 e. The first-order chi connectivity index (χ1) is 8.73. The number of nitrogen functional groups attached to an aromatic ring is 1. The van der Waals surface area contributed by atoms with Crippen molar-refractivity contribution in [1.29, 1.82) is 0 Å². The predicted octanol–water partition coefficient (Wildman–Crippen LogP) is 0.754. The molecule has 1 atom stereocenters. The number of amides is 2. The Morgan fingerprint density at radius 1 is 1.26 bits per heavy atom. The zero-order chi connectivity index (χ0) is 14.7. The lowest BCUT2D eigenvalue weighted by Gasteiger charge is -2.18. The summed E-state index contributed by atoms with van der Waals surface area (Å²) < 4.78 is 25.9. The van der Waals surface area contributed by atoms with Gasteiger partial charge in [-0.3, -0.25) is 9.59 Å². The molecule has 3 N–H and O–H groups in total. The van der Waals surface area contributed by atoms with Gasteiger partial charge < -0.3 is 16.0 Å². The Morgan fingerprint density at radius 2 is 1.79 bits per heavy atom. The number of halogens is 2. The van der Waals surface area contributed by atoms with Crippen molar-refractivity contribution >= 4 is 17.5 Å². The topological polar surface area (TPSA) is 75.4 Å². The second-order valence-corrected chi connectivity index (χ2v) is 4.28. The third-order valence-electron chi connectivity index (χ3n) is 2.50. The van der Waals surface area contributed by atoms with Crippen LogP contribution in [0.1, 0.15) is 17.3 Å². The zero-order valence-electron chi connectivity index (χ0n) is 10.8. The lowest BCUT2D eigenvalue weighted by Crippen LogP contribution is -2.44. The molecule has 1 rings (SSSR count). The van der Waals surface area contributed by atoms with Crippen LogP contribution in [0, 0.1) is 11.6 Å². The first-order valence-corrected chi connectivity index (χ1v) is 5.50. The number of carbonyl (C=O) groups is 2. The van der Waals surface area contributed by atoms with Crippen LogP contribution in [0.2, 0.25) is 0 Å². The number of hydrogen-bond acceptors (Lipinski definition) is 3. The molecule has 0 aromatic heterocycles. The summed E-state index contributed by atoms with van der Waals surface area (Å²) in [4.78, 5) is 24.7. The highest BCUT2D eigenvalue weighted by Crippen LogP contribution is 2.17. The minimum Gasteiger partial charge on any atom is -0.398 e. The Labute approximate surface area is 109 Å². The molecular formula is C12H15F2N3O2. The molecule has 0 saturated carbocycles. The number of nitrogens with one attached hydrogen (secondary N) is 1. The van der Waals surface area contributed by atoms with E-state index in [1.165, 1.54) is 25.9 Å². The molecule has 19 heavy (non-hydrogen) atoms. The highest BCUT2D eigenvalue weighted by molar-refractivity contribution is 6.01. The van der Waals surface area contributed by atoms with Crippen LogP contribution in [0.5, 0.6) is 0 Å². The molecule has 0 aliphatic carbocycles. The Bertz CT molecular complexity index is 518. The summed E-state index contributed by atoms with van der Waals surface area (Å²) in [5.41, 5.74) is 5.04. The van der Waals surface area contributed by atoms with Crippen molar-refractivity contribution in [1.82, 2.24) is 10.2 Å². The minimum atomic E-state index is -1.18. The molecule has 7 heteroatoms. The van der Waals surface area contributed by atoms with Crippen molar-refractivity contribution in [3.05, 3.63) is 29.3 Å². The van der Waals surface area contributed by atoms with Gasteiger partial charge in [0.2, 0.25) is 5.91 Å². The Hall–Kier alpha value is -2.18. The molecule has 1 aromatic rings. The number of anilines is 1. The summed E-state index contributed by atoms with van der Waals surface area (Å²) in [5, 5.41) is 2.37. The molecule has 1 aromatic carbocycles. The molecule has 0 aliphatic rings. The van der Waals surface area contributed by atoms with Gasteiger partial charge in [0.1, 0.15) is 6.04 Å². The monoisotopic (exact) mass is 271 g/mol. The lowest BCUT2D eigenvalue weighted by atomic mass is 10.1. The van der Waals surface area contributed by atoms with Crippen molar-refractivity contribution < 1.29 is 18.4 Å². The summed E-state index contributed by atoms with van der Waals surface area (Å²) in [6.07, 6.45) is 0. The van der Waals surface area contributed by atoms with Crippen molar-refractivity contribution in [3.63, 3.8) is 0 Å². The molecule has 1 unspecified atom stereocenters. The van der Waals surface area contributed by atoms with Gasteiger partial charge in [-0.05, 0) is 13.0 Å². The van der Waals surface area contributed by atoms with Gasteiger partial charge in [0, 0.05) is 25.8 Å². The molecular weight excluding hydrogens is 256 g/mol. The molecule has 0 bridgehead atoms. The van der Waals surface area contributed by atoms with E-state index in [2.05, 4.69) is 5.32 Å². The van der Waals surface area contributed by atoms with E-state index < -0.39 is 23.6 Å². The molecule has 0 spiro atoms. The summed E-state index contributed by atoms with van der Waals surface area (Å²) in [6.45, 7) is 1.48. The Balaban J connectivity index is 2.90. The highest BCUT2D eigenvalue weighted by Gasteiger charge is 2.20. The summed E-state index contributed by atoms with van der Waals surface area (Å²) >= 11 is 0. The van der Waals surface area contributed by atoms with E-state index >= 15 is 0 Å². The second kappa shape index (κ2) is 5.64. The first-order valence-electron chi connectivity index (χ1n) is 5.50. The fraction of sp³-hybridized carbons (Fsp3) is 0.333. The van der Waals surface area contributed by atoms with Gasteiger partial charge in [-0.1, -0.05) is 0 Å². The SMILES string of the molecule is CC(NC(=O)c1cc(F)c(F)cc1N)C(=O)N(C)C. The van der Waals surface area contributed by atoms with Crippen LogP contribution in [0.25, 0.3) is 0 Å². The number of likely N-dealkylation sites (N-methyl/N-ethyl adjacent to an activating group) is 1. The van der Waals surface area contributed by atoms with E-state index in [0.717, 1.165) is 6.07 Å². The van der Waals surface area contributed by atoms with E-state index in [1.807, 2.05) is 0 Å². The third-order valence-corrected chi connectivity index (χ3v) is 2.50. The molecule has 2 amide bonds. The van der Waals surface area contributed by atoms with E-state index in [-0.39, 0.29) is 17.2 Å². The number of hydrogen-bond donors (Lipinski definition) is 2. The normalized spacial score (nSPS) is 11.8. The third kappa shape index (κ3) is 3.40. The largest absolute Gasteiger partial charge is 0.398 e. The van der Waals surface area contributed by atoms with Gasteiger partial charge in [0.25, 0.3) is 5.91 Å². The van der Waals surface area contributed by atoms with Crippen LogP contribution in [0.3, 0.4) is 0 Å². The smallest absolute Gasteiger partial charge is 0.254 e. The average Bonchev–Trinajstić information content (AvgIpc) is 2.32. The van der Waals surface area contributed by atoms with Crippen molar-refractivity contribution in [2.24, 2.45) is 0 Å². The van der Waals surface area contributed by atoms with Crippen molar-refractivity contribution in [2.75, 3.05) is 19.8 Å². The van der Waals surface area contributed by atoms with E-state index in [1.54, 1.807) is 0 Å². The maximum absolute atomic E-state index is 13.1. The van der Waals surface area contributed by atoms with Gasteiger partial charge in [0.05, 0.1) is 5.56 Å². The highest BCUT2D eigenvalue weighted by atomic mass is 19.2. The number of benzene rings is 1. The molecule has 0 radical (unpaired) electrons. The molecule has 5 nitrogen and oxygen atoms in total. The summed E-state index contributed by atoms with van der Waals surface area (Å²) in [6, 6.07) is 0.630. The van der Waals surface area contributed by atoms with Gasteiger partial charge >= 0.3 is 0 Å². The zero-order valence-corrected chi connectivity index (χ0v) is 10.8. The standard InChI is InChI=1S/C12H15F2N3O2/c1-6(12(19)17(2)3)16-11(18)7-4-8(13)9(14)5-10(7)15/h4-6H,15H2,1-3H3,(H,16,18). The first kappa shape index (κ1) is 14.9. The van der Waals surface area contributed by atoms with Crippen LogP contribution in [0.15, 0.2) is 12.1 Å². The lowest BCUT2D eigenvalue weighted by molar-refractivity contribution is -0.130. The number of nitrogens with two attached hydrogens (primary N) is 1. The molecule has 0 heterocycles.